The van der Waals surface area contributed by atoms with Crippen molar-refractivity contribution in [3.05, 3.63) is 72.9 Å². The zero-order valence-electron chi connectivity index (χ0n) is 13.3. The molecular formula is C18H15Cl2N3OS. The minimum Gasteiger partial charge on any atom is -0.306 e. The summed E-state index contributed by atoms with van der Waals surface area (Å²) >= 11 is 13.9. The maximum absolute atomic E-state index is 12.5. The molecule has 7 heteroatoms. The van der Waals surface area contributed by atoms with Crippen molar-refractivity contribution in [2.45, 2.75) is 19.5 Å². The highest BCUT2D eigenvalue weighted by molar-refractivity contribution is 7.13. The van der Waals surface area contributed by atoms with Gasteiger partial charge in [-0.05, 0) is 35.2 Å². The lowest BCUT2D eigenvalue weighted by Gasteiger charge is -2.28. The first-order valence-electron chi connectivity index (χ1n) is 7.92. The molecule has 1 N–H and O–H groups in total. The molecular weight excluding hydrogens is 377 g/mol. The number of benzene rings is 1. The zero-order chi connectivity index (χ0) is 17.4. The molecule has 1 aromatic carbocycles. The van der Waals surface area contributed by atoms with Gasteiger partial charge in [-0.3, -0.25) is 9.69 Å². The van der Waals surface area contributed by atoms with Crippen molar-refractivity contribution in [1.82, 2.24) is 14.9 Å². The van der Waals surface area contributed by atoms with Gasteiger partial charge in [-0.1, -0.05) is 29.3 Å². The van der Waals surface area contributed by atoms with E-state index in [9.17, 15) is 4.79 Å². The van der Waals surface area contributed by atoms with Crippen LogP contribution >= 0.6 is 34.5 Å². The number of hydrogen-bond acceptors (Lipinski definition) is 4. The highest BCUT2D eigenvalue weighted by Gasteiger charge is 2.22. The molecule has 0 aliphatic carbocycles. The molecule has 2 aromatic heterocycles. The fourth-order valence-electron chi connectivity index (χ4n) is 3.05. The molecule has 25 heavy (non-hydrogen) atoms. The van der Waals surface area contributed by atoms with E-state index in [4.69, 9.17) is 23.2 Å². The highest BCUT2D eigenvalue weighted by Crippen LogP contribution is 2.25. The van der Waals surface area contributed by atoms with E-state index in [0.717, 1.165) is 34.7 Å². The molecule has 0 saturated carbocycles. The number of aromatic nitrogens is 2. The summed E-state index contributed by atoms with van der Waals surface area (Å²) in [4.78, 5) is 23.3. The topological polar surface area (TPSA) is 49.0 Å². The Morgan fingerprint density at radius 3 is 2.96 bits per heavy atom. The predicted octanol–water partition coefficient (Wildman–Crippen LogP) is 4.36. The number of aromatic amines is 1. The molecule has 128 valence electrons. The quantitative estimate of drug-likeness (QED) is 0.721. The Morgan fingerprint density at radius 2 is 2.16 bits per heavy atom. The van der Waals surface area contributed by atoms with Crippen LogP contribution in [0.2, 0.25) is 10.0 Å². The third kappa shape index (κ3) is 3.51. The van der Waals surface area contributed by atoms with E-state index in [0.29, 0.717) is 29.0 Å². The third-order valence-electron chi connectivity index (χ3n) is 4.30. The van der Waals surface area contributed by atoms with Crippen LogP contribution in [0.3, 0.4) is 0 Å². The molecule has 0 spiro atoms. The number of hydrogen-bond donors (Lipinski definition) is 1. The number of nitrogens with one attached hydrogen (secondary N) is 1. The van der Waals surface area contributed by atoms with Gasteiger partial charge in [-0.2, -0.15) is 0 Å². The van der Waals surface area contributed by atoms with E-state index in [2.05, 4.69) is 14.9 Å². The van der Waals surface area contributed by atoms with Gasteiger partial charge in [0.1, 0.15) is 0 Å². The minimum absolute atomic E-state index is 0.0599. The van der Waals surface area contributed by atoms with Gasteiger partial charge in [-0.25, -0.2) is 4.98 Å². The van der Waals surface area contributed by atoms with Gasteiger partial charge in [0.05, 0.1) is 16.1 Å². The highest BCUT2D eigenvalue weighted by atomic mass is 35.5. The molecule has 0 unspecified atom stereocenters. The maximum Gasteiger partial charge on any atom is 0.255 e. The van der Waals surface area contributed by atoms with Crippen LogP contribution < -0.4 is 5.56 Å². The van der Waals surface area contributed by atoms with Crippen LogP contribution in [0.5, 0.6) is 0 Å². The summed E-state index contributed by atoms with van der Waals surface area (Å²) in [7, 11) is 0. The fourth-order valence-corrected chi connectivity index (χ4v) is 4.09. The molecule has 0 radical (unpaired) electrons. The molecule has 0 bridgehead atoms. The van der Waals surface area contributed by atoms with Crippen LogP contribution in [-0.4, -0.2) is 21.4 Å². The van der Waals surface area contributed by atoms with Crippen molar-refractivity contribution in [2.75, 3.05) is 6.54 Å². The van der Waals surface area contributed by atoms with Gasteiger partial charge < -0.3 is 4.98 Å². The molecule has 0 amide bonds. The molecule has 0 fully saturated rings. The van der Waals surface area contributed by atoms with E-state index in [-0.39, 0.29) is 5.56 Å². The first-order valence-corrected chi connectivity index (χ1v) is 9.56. The first kappa shape index (κ1) is 16.8. The molecule has 0 atom stereocenters. The molecule has 3 aromatic rings. The van der Waals surface area contributed by atoms with Gasteiger partial charge in [0, 0.05) is 36.1 Å². The van der Waals surface area contributed by atoms with Crippen LogP contribution in [-0.2, 0) is 19.5 Å². The van der Waals surface area contributed by atoms with E-state index >= 15 is 0 Å². The Labute approximate surface area is 159 Å². The first-order chi connectivity index (χ1) is 12.1. The molecule has 4 nitrogen and oxygen atoms in total. The average Bonchev–Trinajstić information content (AvgIpc) is 3.13. The summed E-state index contributed by atoms with van der Waals surface area (Å²) in [5.41, 5.74) is 2.54. The van der Waals surface area contributed by atoms with Crippen LogP contribution in [0.25, 0.3) is 10.7 Å². The predicted molar refractivity (Wildman–Crippen MR) is 102 cm³/mol. The SMILES string of the molecule is O=c1[nH]c(-c2cccs2)nc2c1CN(Cc1cc(Cl)ccc1Cl)CC2. The molecule has 1 aliphatic heterocycles. The standard InChI is InChI=1S/C18H15Cl2N3OS/c19-12-3-4-14(20)11(8-12)9-23-6-5-15-13(10-23)18(24)22-17(21-15)16-2-1-7-25-16/h1-4,7-8H,5-6,9-10H2,(H,21,22,24). The maximum atomic E-state index is 12.5. The van der Waals surface area contributed by atoms with Crippen molar-refractivity contribution in [2.24, 2.45) is 0 Å². The van der Waals surface area contributed by atoms with Crippen LogP contribution in [0, 0.1) is 0 Å². The summed E-state index contributed by atoms with van der Waals surface area (Å²) in [6, 6.07) is 9.38. The lowest BCUT2D eigenvalue weighted by molar-refractivity contribution is 0.242. The number of thiophene rings is 1. The summed E-state index contributed by atoms with van der Waals surface area (Å²) in [6.45, 7) is 2.05. The summed E-state index contributed by atoms with van der Waals surface area (Å²) in [5.74, 6) is 0.657. The van der Waals surface area contributed by atoms with Gasteiger partial charge in [0.25, 0.3) is 5.56 Å². The van der Waals surface area contributed by atoms with Crippen LogP contribution in [0.1, 0.15) is 16.8 Å². The van der Waals surface area contributed by atoms with Crippen molar-refractivity contribution in [3.63, 3.8) is 0 Å². The normalized spacial score (nSPS) is 14.5. The Kier molecular flexibility index (Phi) is 4.65. The Hall–Kier alpha value is -1.66. The number of nitrogens with zero attached hydrogens (tertiary/aromatic N) is 2. The van der Waals surface area contributed by atoms with Gasteiger partial charge in [-0.15, -0.1) is 11.3 Å². The molecule has 0 saturated heterocycles. The average molecular weight is 392 g/mol. The van der Waals surface area contributed by atoms with Crippen LogP contribution in [0.4, 0.5) is 0 Å². The number of fused-ring (bicyclic) bond motifs is 1. The van der Waals surface area contributed by atoms with Gasteiger partial charge in [0.15, 0.2) is 5.82 Å². The summed E-state index contributed by atoms with van der Waals surface area (Å²) < 4.78 is 0. The summed E-state index contributed by atoms with van der Waals surface area (Å²) in [5, 5.41) is 3.33. The number of rotatable bonds is 3. The monoisotopic (exact) mass is 391 g/mol. The van der Waals surface area contributed by atoms with Crippen molar-refractivity contribution in [3.8, 4) is 10.7 Å². The second-order valence-electron chi connectivity index (χ2n) is 6.01. The van der Waals surface area contributed by atoms with Gasteiger partial charge in [0.2, 0.25) is 0 Å². The third-order valence-corrected chi connectivity index (χ3v) is 5.78. The minimum atomic E-state index is -0.0599. The van der Waals surface area contributed by atoms with E-state index in [1.54, 1.807) is 23.5 Å². The fraction of sp³-hybridized carbons (Fsp3) is 0.222. The van der Waals surface area contributed by atoms with Crippen molar-refractivity contribution < 1.29 is 0 Å². The lowest BCUT2D eigenvalue weighted by atomic mass is 10.1. The van der Waals surface area contributed by atoms with E-state index < -0.39 is 0 Å². The number of halogens is 2. The van der Waals surface area contributed by atoms with Crippen LogP contribution in [0.15, 0.2) is 40.5 Å². The molecule has 3 heterocycles. The Bertz CT molecular complexity index is 969. The molecule has 1 aliphatic rings. The Morgan fingerprint density at radius 1 is 1.28 bits per heavy atom. The van der Waals surface area contributed by atoms with E-state index in [1.165, 1.54) is 0 Å². The zero-order valence-corrected chi connectivity index (χ0v) is 15.6. The van der Waals surface area contributed by atoms with Crippen molar-refractivity contribution in [1.29, 1.82) is 0 Å². The summed E-state index contributed by atoms with van der Waals surface area (Å²) in [6.07, 6.45) is 0.746. The molecule has 4 rings (SSSR count). The Balaban J connectivity index is 1.59. The second kappa shape index (κ2) is 6.92. The second-order valence-corrected chi connectivity index (χ2v) is 7.80. The van der Waals surface area contributed by atoms with E-state index in [1.807, 2.05) is 23.6 Å². The van der Waals surface area contributed by atoms with Crippen molar-refractivity contribution >= 4 is 34.5 Å². The van der Waals surface area contributed by atoms with Gasteiger partial charge >= 0.3 is 0 Å². The smallest absolute Gasteiger partial charge is 0.255 e. The largest absolute Gasteiger partial charge is 0.306 e. The lowest BCUT2D eigenvalue weighted by Crippen LogP contribution is -2.35. The number of H-pyrrole nitrogens is 1.